The SMILES string of the molecule is C=CC(O)([C]=O)c1ccccc1. The molecule has 1 unspecified atom stereocenters. The molecule has 0 heterocycles. The van der Waals surface area contributed by atoms with Gasteiger partial charge in [0.05, 0.1) is 0 Å². The van der Waals surface area contributed by atoms with Crippen LogP contribution in [0.2, 0.25) is 0 Å². The summed E-state index contributed by atoms with van der Waals surface area (Å²) < 4.78 is 0. The van der Waals surface area contributed by atoms with Gasteiger partial charge in [-0.2, -0.15) is 0 Å². The van der Waals surface area contributed by atoms with Crippen LogP contribution in [0.15, 0.2) is 43.0 Å². The molecule has 1 rings (SSSR count). The maximum Gasteiger partial charge on any atom is 0.242 e. The molecule has 0 aliphatic heterocycles. The van der Waals surface area contributed by atoms with Crippen molar-refractivity contribution in [2.75, 3.05) is 0 Å². The van der Waals surface area contributed by atoms with Crippen LogP contribution in [0.1, 0.15) is 5.56 Å². The van der Waals surface area contributed by atoms with Crippen LogP contribution < -0.4 is 0 Å². The molecular formula is C10H9O2. The minimum Gasteiger partial charge on any atom is -0.373 e. The molecule has 0 bridgehead atoms. The third-order valence-corrected chi connectivity index (χ3v) is 1.66. The normalized spacial score (nSPS) is 14.8. The van der Waals surface area contributed by atoms with Crippen LogP contribution in [0.5, 0.6) is 0 Å². The molecule has 0 aromatic heterocycles. The Hall–Kier alpha value is -1.41. The van der Waals surface area contributed by atoms with E-state index in [0.29, 0.717) is 5.56 Å². The molecule has 0 aliphatic rings. The van der Waals surface area contributed by atoms with Gasteiger partial charge in [0.25, 0.3) is 0 Å². The highest BCUT2D eigenvalue weighted by Gasteiger charge is 2.24. The van der Waals surface area contributed by atoms with Crippen molar-refractivity contribution in [1.29, 1.82) is 0 Å². The summed E-state index contributed by atoms with van der Waals surface area (Å²) in [5.41, 5.74) is -1.18. The first-order chi connectivity index (χ1) is 5.73. The topological polar surface area (TPSA) is 37.3 Å². The van der Waals surface area contributed by atoms with Gasteiger partial charge in [-0.3, -0.25) is 4.79 Å². The van der Waals surface area contributed by atoms with Gasteiger partial charge >= 0.3 is 0 Å². The maximum absolute atomic E-state index is 10.4. The lowest BCUT2D eigenvalue weighted by Gasteiger charge is -2.15. The first kappa shape index (κ1) is 8.68. The third-order valence-electron chi connectivity index (χ3n) is 1.66. The number of hydrogen-bond donors (Lipinski definition) is 1. The molecule has 1 aromatic carbocycles. The third kappa shape index (κ3) is 1.43. The predicted molar refractivity (Wildman–Crippen MR) is 46.2 cm³/mol. The molecule has 0 aliphatic carbocycles. The second kappa shape index (κ2) is 3.32. The van der Waals surface area contributed by atoms with Gasteiger partial charge in [0.1, 0.15) is 0 Å². The van der Waals surface area contributed by atoms with Crippen molar-refractivity contribution in [3.63, 3.8) is 0 Å². The Kier molecular flexibility index (Phi) is 2.41. The zero-order chi connectivity index (χ0) is 9.03. The van der Waals surface area contributed by atoms with E-state index in [1.807, 2.05) is 0 Å². The van der Waals surface area contributed by atoms with Gasteiger partial charge in [-0.1, -0.05) is 36.9 Å². The van der Waals surface area contributed by atoms with E-state index in [1.54, 1.807) is 30.3 Å². The molecule has 0 saturated carbocycles. The number of carbonyl (C=O) groups excluding carboxylic acids is 1. The highest BCUT2D eigenvalue weighted by atomic mass is 16.3. The minimum absolute atomic E-state index is 0.481. The summed E-state index contributed by atoms with van der Waals surface area (Å²) in [6, 6.07) is 8.57. The molecule has 61 valence electrons. The minimum atomic E-state index is -1.67. The highest BCUT2D eigenvalue weighted by Crippen LogP contribution is 2.18. The fourth-order valence-corrected chi connectivity index (χ4v) is 0.911. The molecule has 1 atom stereocenters. The van der Waals surface area contributed by atoms with Crippen molar-refractivity contribution in [2.24, 2.45) is 0 Å². The van der Waals surface area contributed by atoms with E-state index in [2.05, 4.69) is 6.58 Å². The lowest BCUT2D eigenvalue weighted by molar-refractivity contribution is 0.159. The van der Waals surface area contributed by atoms with Gasteiger partial charge in [0.15, 0.2) is 5.60 Å². The molecule has 0 fully saturated rings. The first-order valence-corrected chi connectivity index (χ1v) is 3.54. The van der Waals surface area contributed by atoms with Crippen molar-refractivity contribution in [3.05, 3.63) is 48.6 Å². The molecule has 12 heavy (non-hydrogen) atoms. The average Bonchev–Trinajstić information content (AvgIpc) is 2.18. The second-order valence-electron chi connectivity index (χ2n) is 2.44. The predicted octanol–water partition coefficient (Wildman–Crippen LogP) is 1.17. The van der Waals surface area contributed by atoms with Crippen LogP contribution in [-0.2, 0) is 10.4 Å². The summed E-state index contributed by atoms with van der Waals surface area (Å²) in [6.45, 7) is 3.37. The van der Waals surface area contributed by atoms with Gasteiger partial charge in [-0.25, -0.2) is 0 Å². The summed E-state index contributed by atoms with van der Waals surface area (Å²) in [6.07, 6.45) is 2.69. The van der Waals surface area contributed by atoms with Gasteiger partial charge in [0, 0.05) is 0 Å². The monoisotopic (exact) mass is 161 g/mol. The van der Waals surface area contributed by atoms with Crippen LogP contribution in [-0.4, -0.2) is 11.4 Å². The summed E-state index contributed by atoms with van der Waals surface area (Å²) in [7, 11) is 0. The zero-order valence-corrected chi connectivity index (χ0v) is 6.53. The summed E-state index contributed by atoms with van der Waals surface area (Å²) >= 11 is 0. The van der Waals surface area contributed by atoms with Crippen LogP contribution >= 0.6 is 0 Å². The van der Waals surface area contributed by atoms with E-state index in [0.717, 1.165) is 6.08 Å². The van der Waals surface area contributed by atoms with Gasteiger partial charge in [0.2, 0.25) is 6.29 Å². The van der Waals surface area contributed by atoms with E-state index in [4.69, 9.17) is 0 Å². The van der Waals surface area contributed by atoms with Crippen LogP contribution in [0, 0.1) is 0 Å². The van der Waals surface area contributed by atoms with Crippen molar-refractivity contribution in [1.82, 2.24) is 0 Å². The van der Waals surface area contributed by atoms with E-state index >= 15 is 0 Å². The number of aliphatic hydroxyl groups is 1. The molecule has 1 aromatic rings. The smallest absolute Gasteiger partial charge is 0.242 e. The Morgan fingerprint density at radius 1 is 1.42 bits per heavy atom. The molecular weight excluding hydrogens is 152 g/mol. The summed E-state index contributed by atoms with van der Waals surface area (Å²) in [4.78, 5) is 10.4. The fraction of sp³-hybridized carbons (Fsp3) is 0.100. The number of rotatable bonds is 3. The van der Waals surface area contributed by atoms with Crippen molar-refractivity contribution in [3.8, 4) is 0 Å². The van der Waals surface area contributed by atoms with Crippen molar-refractivity contribution < 1.29 is 9.90 Å². The average molecular weight is 161 g/mol. The zero-order valence-electron chi connectivity index (χ0n) is 6.53. The quantitative estimate of drug-likeness (QED) is 0.675. The Morgan fingerprint density at radius 2 is 2.00 bits per heavy atom. The molecule has 0 saturated heterocycles. The standard InChI is InChI=1S/C10H9O2/c1-2-10(12,8-11)9-6-4-3-5-7-9/h2-7,12H,1H2. The molecule has 0 spiro atoms. The van der Waals surface area contributed by atoms with E-state index in [9.17, 15) is 9.90 Å². The van der Waals surface area contributed by atoms with Gasteiger partial charge in [-0.05, 0) is 11.6 Å². The first-order valence-electron chi connectivity index (χ1n) is 3.54. The number of hydrogen-bond acceptors (Lipinski definition) is 2. The lowest BCUT2D eigenvalue weighted by atomic mass is 9.96. The van der Waals surface area contributed by atoms with Crippen molar-refractivity contribution in [2.45, 2.75) is 5.60 Å². The van der Waals surface area contributed by atoms with E-state index < -0.39 is 5.60 Å². The maximum atomic E-state index is 10.4. The lowest BCUT2D eigenvalue weighted by Crippen LogP contribution is -2.23. The Morgan fingerprint density at radius 3 is 2.42 bits per heavy atom. The molecule has 1 N–H and O–H groups in total. The highest BCUT2D eigenvalue weighted by molar-refractivity contribution is 5.69. The van der Waals surface area contributed by atoms with Crippen LogP contribution in [0.4, 0.5) is 0 Å². The number of benzene rings is 1. The van der Waals surface area contributed by atoms with Gasteiger partial charge < -0.3 is 5.11 Å². The van der Waals surface area contributed by atoms with E-state index in [-0.39, 0.29) is 0 Å². The molecule has 2 nitrogen and oxygen atoms in total. The fourth-order valence-electron chi connectivity index (χ4n) is 0.911. The summed E-state index contributed by atoms with van der Waals surface area (Å²) in [5, 5.41) is 9.56. The van der Waals surface area contributed by atoms with Crippen LogP contribution in [0.3, 0.4) is 0 Å². The van der Waals surface area contributed by atoms with E-state index in [1.165, 1.54) is 6.29 Å². The van der Waals surface area contributed by atoms with Crippen LogP contribution in [0.25, 0.3) is 0 Å². The summed E-state index contributed by atoms with van der Waals surface area (Å²) in [5.74, 6) is 0. The Balaban J connectivity index is 3.11. The van der Waals surface area contributed by atoms with Crippen molar-refractivity contribution >= 4 is 6.29 Å². The molecule has 2 heteroatoms. The molecule has 1 radical (unpaired) electrons. The molecule has 0 amide bonds. The van der Waals surface area contributed by atoms with Gasteiger partial charge in [-0.15, -0.1) is 0 Å². The Labute approximate surface area is 71.2 Å². The second-order valence-corrected chi connectivity index (χ2v) is 2.44. The Bertz CT molecular complexity index is 269. The largest absolute Gasteiger partial charge is 0.373 e.